The topological polar surface area (TPSA) is 8.17 Å². The van der Waals surface area contributed by atoms with E-state index in [1.165, 1.54) is 82.8 Å². The summed E-state index contributed by atoms with van der Waals surface area (Å²) in [4.78, 5) is 2.42. The summed E-state index contributed by atoms with van der Waals surface area (Å²) in [5.41, 5.74) is 17.8. The van der Waals surface area contributed by atoms with Gasteiger partial charge in [0.2, 0.25) is 0 Å². The monoisotopic (exact) mass is 692 g/mol. The molecule has 0 fully saturated rings. The van der Waals surface area contributed by atoms with Crippen molar-refractivity contribution in [2.45, 2.75) is 38.5 Å². The molecule has 1 aromatic heterocycles. The average Bonchev–Trinajstić information content (AvgIpc) is 3.66. The van der Waals surface area contributed by atoms with E-state index >= 15 is 0 Å². The van der Waals surface area contributed by atoms with Gasteiger partial charge in [0.05, 0.1) is 16.7 Å². The number of nitrogens with zero attached hydrogens (tertiary/aromatic N) is 2. The molecule has 0 bridgehead atoms. The van der Waals surface area contributed by atoms with Gasteiger partial charge in [-0.15, -0.1) is 0 Å². The largest absolute Gasteiger partial charge is 0.310 e. The number of aromatic nitrogens is 1. The fourth-order valence-electron chi connectivity index (χ4n) is 9.74. The molecule has 0 unspecified atom stereocenters. The summed E-state index contributed by atoms with van der Waals surface area (Å²) in [6.45, 7) is 9.43. The van der Waals surface area contributed by atoms with Gasteiger partial charge in [0, 0.05) is 38.7 Å². The number of hydrogen-bond acceptors (Lipinski definition) is 1. The molecule has 1 aliphatic heterocycles. The Kier molecular flexibility index (Phi) is 6.39. The summed E-state index contributed by atoms with van der Waals surface area (Å²) in [6.07, 6.45) is 0. The molecule has 54 heavy (non-hydrogen) atoms. The summed E-state index contributed by atoms with van der Waals surface area (Å²) >= 11 is 0. The van der Waals surface area contributed by atoms with Crippen LogP contribution in [0.5, 0.6) is 0 Å². The second kappa shape index (κ2) is 11.1. The molecular formula is C52H40N2. The van der Waals surface area contributed by atoms with Crippen LogP contribution in [-0.4, -0.2) is 4.57 Å². The van der Waals surface area contributed by atoms with Crippen LogP contribution < -0.4 is 4.90 Å². The van der Waals surface area contributed by atoms with E-state index in [1.54, 1.807) is 0 Å². The van der Waals surface area contributed by atoms with Gasteiger partial charge in [0.25, 0.3) is 0 Å². The molecule has 0 amide bonds. The zero-order valence-electron chi connectivity index (χ0n) is 31.1. The third-order valence-electron chi connectivity index (χ3n) is 12.6. The predicted octanol–water partition coefficient (Wildman–Crippen LogP) is 14.0. The van der Waals surface area contributed by atoms with Crippen molar-refractivity contribution in [3.63, 3.8) is 0 Å². The number of anilines is 3. The van der Waals surface area contributed by atoms with Crippen LogP contribution in [0.1, 0.15) is 49.9 Å². The third kappa shape index (κ3) is 4.28. The van der Waals surface area contributed by atoms with E-state index in [0.717, 1.165) is 17.1 Å². The first-order chi connectivity index (χ1) is 26.3. The van der Waals surface area contributed by atoms with Crippen LogP contribution in [0.2, 0.25) is 0 Å². The average molecular weight is 693 g/mol. The second-order valence-electron chi connectivity index (χ2n) is 16.2. The zero-order valence-corrected chi connectivity index (χ0v) is 31.1. The van der Waals surface area contributed by atoms with Gasteiger partial charge >= 0.3 is 0 Å². The van der Waals surface area contributed by atoms with Gasteiger partial charge in [-0.2, -0.15) is 0 Å². The Morgan fingerprint density at radius 1 is 0.407 bits per heavy atom. The van der Waals surface area contributed by atoms with Crippen LogP contribution in [0.4, 0.5) is 17.1 Å². The maximum Gasteiger partial charge on any atom is 0.0582 e. The third-order valence-corrected chi connectivity index (χ3v) is 12.6. The first kappa shape index (κ1) is 31.2. The molecule has 9 aromatic rings. The molecule has 2 nitrogen and oxygen atoms in total. The van der Waals surface area contributed by atoms with Gasteiger partial charge in [0.1, 0.15) is 0 Å². The minimum absolute atomic E-state index is 0.0331. The zero-order chi connectivity index (χ0) is 36.3. The standard InChI is InChI=1S/C52H40N2/c1-51(2)44-16-8-7-14-40(44)41-28-23-36(31-47(41)51)34-20-24-37(25-21-34)53(38-26-22-33-12-5-6-13-35(33)30-38)39-27-29-48-43(32-39)42-15-11-18-46-50(42)54(48)49-19-10-9-17-45(49)52(46,3)4/h5-32H,1-4H3. The van der Waals surface area contributed by atoms with E-state index in [1.807, 2.05) is 0 Å². The molecule has 2 heterocycles. The van der Waals surface area contributed by atoms with Crippen LogP contribution in [0.15, 0.2) is 170 Å². The highest BCUT2D eigenvalue weighted by molar-refractivity contribution is 6.13. The smallest absolute Gasteiger partial charge is 0.0582 e. The fourth-order valence-corrected chi connectivity index (χ4v) is 9.74. The van der Waals surface area contributed by atoms with Crippen molar-refractivity contribution in [2.75, 3.05) is 4.90 Å². The maximum atomic E-state index is 2.50. The number of para-hydroxylation sites is 2. The summed E-state index contributed by atoms with van der Waals surface area (Å²) in [6, 6.07) is 63.3. The highest BCUT2D eigenvalue weighted by Gasteiger charge is 2.36. The van der Waals surface area contributed by atoms with Crippen LogP contribution >= 0.6 is 0 Å². The highest BCUT2D eigenvalue weighted by atomic mass is 15.1. The number of hydrogen-bond donors (Lipinski definition) is 0. The summed E-state index contributed by atoms with van der Waals surface area (Å²) in [7, 11) is 0. The number of fused-ring (bicyclic) bond motifs is 9. The van der Waals surface area contributed by atoms with Crippen molar-refractivity contribution in [3.8, 4) is 27.9 Å². The Balaban J connectivity index is 1.07. The lowest BCUT2D eigenvalue weighted by molar-refractivity contribution is 0.630. The predicted molar refractivity (Wildman–Crippen MR) is 228 cm³/mol. The van der Waals surface area contributed by atoms with Gasteiger partial charge in [-0.3, -0.25) is 0 Å². The van der Waals surface area contributed by atoms with Crippen LogP contribution in [0.3, 0.4) is 0 Å². The van der Waals surface area contributed by atoms with Crippen molar-refractivity contribution >= 4 is 49.6 Å². The highest BCUT2D eigenvalue weighted by Crippen LogP contribution is 2.51. The molecule has 2 aliphatic rings. The minimum atomic E-state index is -0.0965. The lowest BCUT2D eigenvalue weighted by Crippen LogP contribution is -2.26. The van der Waals surface area contributed by atoms with E-state index in [-0.39, 0.29) is 10.8 Å². The van der Waals surface area contributed by atoms with Crippen LogP contribution in [0.25, 0.3) is 60.5 Å². The molecule has 8 aromatic carbocycles. The molecular weight excluding hydrogens is 653 g/mol. The summed E-state index contributed by atoms with van der Waals surface area (Å²) in [5.74, 6) is 0. The van der Waals surface area contributed by atoms with Gasteiger partial charge in [-0.1, -0.05) is 143 Å². The van der Waals surface area contributed by atoms with Crippen molar-refractivity contribution in [1.29, 1.82) is 0 Å². The van der Waals surface area contributed by atoms with Crippen LogP contribution in [0, 0.1) is 0 Å². The SMILES string of the molecule is CC1(C)c2ccccc2-c2ccc(-c3ccc(N(c4ccc5ccccc5c4)c4ccc5c(c4)c4cccc6c4n5-c4ccccc4C6(C)C)cc3)cc21. The van der Waals surface area contributed by atoms with Crippen molar-refractivity contribution < 1.29 is 0 Å². The number of benzene rings is 8. The molecule has 258 valence electrons. The Morgan fingerprint density at radius 3 is 1.89 bits per heavy atom. The van der Waals surface area contributed by atoms with E-state index in [2.05, 4.69) is 207 Å². The lowest BCUT2D eigenvalue weighted by atomic mass is 9.75. The second-order valence-corrected chi connectivity index (χ2v) is 16.2. The lowest BCUT2D eigenvalue weighted by Gasteiger charge is -2.34. The summed E-state index contributed by atoms with van der Waals surface area (Å²) in [5, 5.41) is 5.03. The molecule has 2 heteroatoms. The van der Waals surface area contributed by atoms with Crippen molar-refractivity contribution in [3.05, 3.63) is 192 Å². The van der Waals surface area contributed by atoms with Gasteiger partial charge in [-0.05, 0) is 110 Å². The van der Waals surface area contributed by atoms with E-state index in [4.69, 9.17) is 0 Å². The first-order valence-electron chi connectivity index (χ1n) is 19.1. The fraction of sp³-hybridized carbons (Fsp3) is 0.115. The maximum absolute atomic E-state index is 2.50. The molecule has 1 aliphatic carbocycles. The minimum Gasteiger partial charge on any atom is -0.310 e. The van der Waals surface area contributed by atoms with E-state index in [0.29, 0.717) is 0 Å². The Morgan fingerprint density at radius 2 is 1.04 bits per heavy atom. The molecule has 0 radical (unpaired) electrons. The Labute approximate surface area is 316 Å². The van der Waals surface area contributed by atoms with Gasteiger partial charge in [0.15, 0.2) is 0 Å². The van der Waals surface area contributed by atoms with Crippen molar-refractivity contribution in [2.24, 2.45) is 0 Å². The van der Waals surface area contributed by atoms with Crippen LogP contribution in [-0.2, 0) is 10.8 Å². The number of rotatable bonds is 4. The molecule has 0 atom stereocenters. The molecule has 11 rings (SSSR count). The first-order valence-corrected chi connectivity index (χ1v) is 19.1. The van der Waals surface area contributed by atoms with E-state index < -0.39 is 0 Å². The quantitative estimate of drug-likeness (QED) is 0.178. The van der Waals surface area contributed by atoms with Crippen molar-refractivity contribution in [1.82, 2.24) is 4.57 Å². The van der Waals surface area contributed by atoms with Gasteiger partial charge in [-0.25, -0.2) is 0 Å². The molecule has 0 spiro atoms. The molecule has 0 saturated carbocycles. The Hall–Kier alpha value is -6.38. The molecule has 0 N–H and O–H groups in total. The molecule has 0 saturated heterocycles. The van der Waals surface area contributed by atoms with Gasteiger partial charge < -0.3 is 9.47 Å². The normalized spacial score (nSPS) is 14.6. The summed E-state index contributed by atoms with van der Waals surface area (Å²) < 4.78 is 2.50. The Bertz CT molecular complexity index is 2990. The van der Waals surface area contributed by atoms with E-state index in [9.17, 15) is 0 Å².